The lowest BCUT2D eigenvalue weighted by molar-refractivity contribution is -0.122. The molecule has 1 aromatic rings. The van der Waals surface area contributed by atoms with Gasteiger partial charge >= 0.3 is 0 Å². The number of hydrogen-bond acceptors (Lipinski definition) is 5. The van der Waals surface area contributed by atoms with Crippen LogP contribution in [0.25, 0.3) is 0 Å². The van der Waals surface area contributed by atoms with Gasteiger partial charge in [-0.25, -0.2) is 4.99 Å². The highest BCUT2D eigenvalue weighted by atomic mass is 16.5. The molecule has 0 aromatic heterocycles. The van der Waals surface area contributed by atoms with Crippen LogP contribution in [0.15, 0.2) is 29.3 Å². The lowest BCUT2D eigenvalue weighted by atomic mass is 9.99. The number of aliphatic imine (C=N–C) groups is 1. The first kappa shape index (κ1) is 15.8. The summed E-state index contributed by atoms with van der Waals surface area (Å²) in [6.45, 7) is 1.93. The van der Waals surface area contributed by atoms with Crippen LogP contribution in [0.3, 0.4) is 0 Å². The first-order valence-corrected chi connectivity index (χ1v) is 8.14. The first-order valence-electron chi connectivity index (χ1n) is 8.14. The molecule has 6 heteroatoms. The number of aryl methyl sites for hydroxylation is 1. The molecule has 1 amide bonds. The minimum Gasteiger partial charge on any atom is -0.463 e. The second kappa shape index (κ2) is 7.46. The van der Waals surface area contributed by atoms with E-state index in [1.165, 1.54) is 5.56 Å². The van der Waals surface area contributed by atoms with Crippen molar-refractivity contribution in [3.63, 3.8) is 0 Å². The van der Waals surface area contributed by atoms with Gasteiger partial charge in [0.25, 0.3) is 6.02 Å². The fraction of sp³-hybridized carbons (Fsp3) is 0.529. The van der Waals surface area contributed by atoms with Crippen molar-refractivity contribution in [3.8, 4) is 0 Å². The number of carbonyl (C=O) groups excluding carboxylic acids is 1. The summed E-state index contributed by atoms with van der Waals surface area (Å²) >= 11 is 0. The largest absolute Gasteiger partial charge is 0.463 e. The van der Waals surface area contributed by atoms with E-state index >= 15 is 0 Å². The van der Waals surface area contributed by atoms with Crippen molar-refractivity contribution in [1.82, 2.24) is 0 Å². The molecule has 3 N–H and O–H groups in total. The third kappa shape index (κ3) is 4.45. The summed E-state index contributed by atoms with van der Waals surface area (Å²) in [6.07, 6.45) is 3.43. The fourth-order valence-electron chi connectivity index (χ4n) is 2.88. The molecule has 23 heavy (non-hydrogen) atoms. The van der Waals surface area contributed by atoms with Crippen LogP contribution in [0.1, 0.15) is 24.8 Å². The Morgan fingerprint density at radius 1 is 1.26 bits per heavy atom. The molecule has 1 saturated heterocycles. The van der Waals surface area contributed by atoms with E-state index in [-0.39, 0.29) is 17.9 Å². The summed E-state index contributed by atoms with van der Waals surface area (Å²) in [5, 5.41) is 2.99. The molecule has 1 aromatic carbocycles. The number of amides is 1. The molecule has 0 saturated carbocycles. The highest BCUT2D eigenvalue weighted by Gasteiger charge is 2.21. The second-order valence-corrected chi connectivity index (χ2v) is 6.04. The number of carbonyl (C=O) groups is 1. The third-order valence-electron chi connectivity index (χ3n) is 4.31. The van der Waals surface area contributed by atoms with Crippen molar-refractivity contribution in [1.29, 1.82) is 0 Å². The zero-order chi connectivity index (χ0) is 16.1. The Labute approximate surface area is 136 Å². The van der Waals surface area contributed by atoms with Crippen molar-refractivity contribution in [2.45, 2.75) is 31.7 Å². The highest BCUT2D eigenvalue weighted by molar-refractivity contribution is 5.92. The lowest BCUT2D eigenvalue weighted by Gasteiger charge is -2.21. The minimum absolute atomic E-state index is 0.0640. The summed E-state index contributed by atoms with van der Waals surface area (Å²) in [5.74, 6) is 0.156. The molecule has 2 aliphatic rings. The molecule has 124 valence electrons. The molecule has 3 rings (SSSR count). The van der Waals surface area contributed by atoms with Gasteiger partial charge in [-0.2, -0.15) is 0 Å². The van der Waals surface area contributed by atoms with Gasteiger partial charge in [-0.15, -0.1) is 0 Å². The molecule has 0 bridgehead atoms. The summed E-state index contributed by atoms with van der Waals surface area (Å²) in [6, 6.07) is 8.44. The predicted molar refractivity (Wildman–Crippen MR) is 88.3 cm³/mol. The van der Waals surface area contributed by atoms with Crippen LogP contribution in [0.2, 0.25) is 0 Å². The zero-order valence-corrected chi connectivity index (χ0v) is 13.2. The topological polar surface area (TPSA) is 85.9 Å². The fourth-order valence-corrected chi connectivity index (χ4v) is 2.88. The Balaban J connectivity index is 1.47. The number of anilines is 1. The summed E-state index contributed by atoms with van der Waals surface area (Å²) in [5.41, 5.74) is 7.56. The van der Waals surface area contributed by atoms with E-state index in [4.69, 9.17) is 15.2 Å². The van der Waals surface area contributed by atoms with Crippen LogP contribution in [-0.4, -0.2) is 37.8 Å². The molecule has 1 unspecified atom stereocenters. The van der Waals surface area contributed by atoms with Crippen molar-refractivity contribution in [2.24, 2.45) is 16.6 Å². The van der Waals surface area contributed by atoms with Gasteiger partial charge in [0.2, 0.25) is 5.91 Å². The lowest BCUT2D eigenvalue weighted by Crippen LogP contribution is -2.28. The van der Waals surface area contributed by atoms with Crippen LogP contribution < -0.4 is 11.1 Å². The Hall–Kier alpha value is -2.08. The molecule has 1 fully saturated rings. The monoisotopic (exact) mass is 317 g/mol. The van der Waals surface area contributed by atoms with Gasteiger partial charge in [0.05, 0.1) is 6.04 Å². The molecule has 6 nitrogen and oxygen atoms in total. The zero-order valence-electron chi connectivity index (χ0n) is 13.2. The number of nitrogens with one attached hydrogen (secondary N) is 1. The van der Waals surface area contributed by atoms with Gasteiger partial charge in [0.15, 0.2) is 0 Å². The number of amidine groups is 1. The molecule has 0 aliphatic carbocycles. The van der Waals surface area contributed by atoms with Gasteiger partial charge in [-0.05, 0) is 43.4 Å². The average Bonchev–Trinajstić information content (AvgIpc) is 3.00. The van der Waals surface area contributed by atoms with E-state index in [1.807, 2.05) is 24.3 Å². The number of hydrogen-bond donors (Lipinski definition) is 2. The molecular formula is C17H23N3O3. The number of nitrogens with zero attached hydrogens (tertiary/aromatic N) is 1. The molecule has 0 spiro atoms. The van der Waals surface area contributed by atoms with Crippen LogP contribution in [-0.2, 0) is 20.7 Å². The number of ether oxygens (including phenoxy) is 2. The maximum Gasteiger partial charge on any atom is 0.282 e. The molecule has 2 heterocycles. The van der Waals surface area contributed by atoms with E-state index in [9.17, 15) is 4.79 Å². The van der Waals surface area contributed by atoms with Crippen molar-refractivity contribution < 1.29 is 14.3 Å². The van der Waals surface area contributed by atoms with Crippen molar-refractivity contribution in [2.75, 3.05) is 25.1 Å². The third-order valence-corrected chi connectivity index (χ3v) is 4.31. The van der Waals surface area contributed by atoms with E-state index in [2.05, 4.69) is 10.3 Å². The Morgan fingerprint density at radius 2 is 2.00 bits per heavy atom. The molecular weight excluding hydrogens is 294 g/mol. The van der Waals surface area contributed by atoms with E-state index in [0.29, 0.717) is 25.8 Å². The molecule has 2 aliphatic heterocycles. The van der Waals surface area contributed by atoms with Crippen molar-refractivity contribution >= 4 is 17.6 Å². The van der Waals surface area contributed by atoms with Crippen LogP contribution >= 0.6 is 0 Å². The molecule has 1 atom stereocenters. The smallest absolute Gasteiger partial charge is 0.282 e. The number of benzene rings is 1. The highest BCUT2D eigenvalue weighted by Crippen LogP contribution is 2.19. The number of rotatable bonds is 5. The quantitative estimate of drug-likeness (QED) is 0.865. The van der Waals surface area contributed by atoms with Crippen LogP contribution in [0.5, 0.6) is 0 Å². The Kier molecular flexibility index (Phi) is 5.12. The van der Waals surface area contributed by atoms with E-state index in [1.54, 1.807) is 0 Å². The second-order valence-electron chi connectivity index (χ2n) is 6.04. The first-order chi connectivity index (χ1) is 11.2. The van der Waals surface area contributed by atoms with Gasteiger partial charge in [-0.3, -0.25) is 4.79 Å². The van der Waals surface area contributed by atoms with Crippen LogP contribution in [0.4, 0.5) is 5.69 Å². The van der Waals surface area contributed by atoms with Gasteiger partial charge in [-0.1, -0.05) is 12.1 Å². The van der Waals surface area contributed by atoms with Gasteiger partial charge in [0, 0.05) is 24.8 Å². The Morgan fingerprint density at radius 3 is 2.65 bits per heavy atom. The minimum atomic E-state index is 0.0640. The Bertz CT molecular complexity index is 565. The van der Waals surface area contributed by atoms with Crippen molar-refractivity contribution in [3.05, 3.63) is 29.8 Å². The van der Waals surface area contributed by atoms with Gasteiger partial charge in [0.1, 0.15) is 6.61 Å². The summed E-state index contributed by atoms with van der Waals surface area (Å²) in [7, 11) is 0. The van der Waals surface area contributed by atoms with Crippen LogP contribution in [0, 0.1) is 5.92 Å². The predicted octanol–water partition coefficient (Wildman–Crippen LogP) is 1.70. The molecule has 0 radical (unpaired) electrons. The maximum atomic E-state index is 12.2. The number of nitrogens with two attached hydrogens (primary N) is 1. The summed E-state index contributed by atoms with van der Waals surface area (Å²) < 4.78 is 10.4. The standard InChI is InChI=1S/C17H23N3O3/c18-17-20-15(11-23-17)6-3-12-1-4-14(5-2-12)19-16(21)13-7-9-22-10-8-13/h1-2,4-5,13,15H,3,6-11H2,(H2,18,20)(H,19,21). The normalized spacial score (nSPS) is 21.6. The van der Waals surface area contributed by atoms with Gasteiger partial charge < -0.3 is 20.5 Å². The average molecular weight is 317 g/mol. The van der Waals surface area contributed by atoms with E-state index in [0.717, 1.165) is 31.4 Å². The maximum absolute atomic E-state index is 12.2. The van der Waals surface area contributed by atoms with E-state index < -0.39 is 0 Å². The summed E-state index contributed by atoms with van der Waals surface area (Å²) in [4.78, 5) is 16.4. The SMILES string of the molecule is NC1=NC(CCc2ccc(NC(=O)C3CCOCC3)cc2)CO1.